The number of benzene rings is 1. The highest BCUT2D eigenvalue weighted by Gasteiger charge is 2.30. The van der Waals surface area contributed by atoms with Crippen LogP contribution < -0.4 is 4.74 Å². The molecular formula is C15H13F3O3. The lowest BCUT2D eigenvalue weighted by Gasteiger charge is -2.09. The summed E-state index contributed by atoms with van der Waals surface area (Å²) in [5, 5.41) is 0. The van der Waals surface area contributed by atoms with E-state index in [1.165, 1.54) is 24.3 Å². The van der Waals surface area contributed by atoms with Gasteiger partial charge in [-0.2, -0.15) is 0 Å². The minimum atomic E-state index is -4.71. The summed E-state index contributed by atoms with van der Waals surface area (Å²) in [6.45, 7) is 0. The number of carbonyl (C=O) groups excluding carboxylic acids is 1. The van der Waals surface area contributed by atoms with Gasteiger partial charge in [-0.05, 0) is 29.8 Å². The van der Waals surface area contributed by atoms with Gasteiger partial charge in [0.2, 0.25) is 0 Å². The topological polar surface area (TPSA) is 39.4 Å². The van der Waals surface area contributed by atoms with E-state index in [0.717, 1.165) is 5.76 Å². The Morgan fingerprint density at radius 2 is 1.86 bits per heavy atom. The zero-order valence-corrected chi connectivity index (χ0v) is 11.0. The number of alkyl halides is 3. The summed E-state index contributed by atoms with van der Waals surface area (Å²) in [6, 6.07) is 8.83. The fourth-order valence-corrected chi connectivity index (χ4v) is 1.84. The lowest BCUT2D eigenvalue weighted by Crippen LogP contribution is -2.17. The quantitative estimate of drug-likeness (QED) is 0.811. The van der Waals surface area contributed by atoms with E-state index in [-0.39, 0.29) is 18.0 Å². The molecule has 0 spiro atoms. The van der Waals surface area contributed by atoms with Crippen molar-refractivity contribution in [1.29, 1.82) is 0 Å². The molecule has 0 bridgehead atoms. The van der Waals surface area contributed by atoms with E-state index in [4.69, 9.17) is 4.42 Å². The van der Waals surface area contributed by atoms with Gasteiger partial charge in [0.15, 0.2) is 0 Å². The van der Waals surface area contributed by atoms with Gasteiger partial charge < -0.3 is 9.15 Å². The molecule has 0 saturated heterocycles. The van der Waals surface area contributed by atoms with Crippen molar-refractivity contribution in [1.82, 2.24) is 0 Å². The van der Waals surface area contributed by atoms with Crippen molar-refractivity contribution >= 4 is 5.78 Å². The molecule has 3 nitrogen and oxygen atoms in total. The molecule has 1 heterocycles. The number of furan rings is 1. The van der Waals surface area contributed by atoms with Crippen molar-refractivity contribution in [3.05, 3.63) is 54.0 Å². The molecule has 0 aliphatic carbocycles. The van der Waals surface area contributed by atoms with Crippen LogP contribution in [0.1, 0.15) is 17.7 Å². The van der Waals surface area contributed by atoms with Crippen molar-refractivity contribution in [3.63, 3.8) is 0 Å². The zero-order chi connectivity index (χ0) is 15.3. The monoisotopic (exact) mass is 298 g/mol. The van der Waals surface area contributed by atoms with Gasteiger partial charge in [0.05, 0.1) is 6.26 Å². The summed E-state index contributed by atoms with van der Waals surface area (Å²) in [5.41, 5.74) is 0.647. The molecule has 21 heavy (non-hydrogen) atoms. The van der Waals surface area contributed by atoms with Crippen LogP contribution in [-0.2, 0) is 17.6 Å². The van der Waals surface area contributed by atoms with E-state index in [1.54, 1.807) is 18.4 Å². The van der Waals surface area contributed by atoms with Crippen LogP contribution in [0, 0.1) is 0 Å². The van der Waals surface area contributed by atoms with Crippen molar-refractivity contribution in [2.75, 3.05) is 0 Å². The number of aryl methyl sites for hydroxylation is 1. The first-order chi connectivity index (χ1) is 9.92. The Kier molecular flexibility index (Phi) is 4.67. The van der Waals surface area contributed by atoms with Crippen molar-refractivity contribution in [2.45, 2.75) is 25.6 Å². The summed E-state index contributed by atoms with van der Waals surface area (Å²) >= 11 is 0. The Morgan fingerprint density at radius 3 is 2.43 bits per heavy atom. The first-order valence-electron chi connectivity index (χ1n) is 6.31. The summed E-state index contributed by atoms with van der Waals surface area (Å²) in [5.74, 6) is 0.433. The lowest BCUT2D eigenvalue weighted by molar-refractivity contribution is -0.274. The van der Waals surface area contributed by atoms with E-state index in [9.17, 15) is 18.0 Å². The smallest absolute Gasteiger partial charge is 0.469 e. The lowest BCUT2D eigenvalue weighted by atomic mass is 10.1. The highest BCUT2D eigenvalue weighted by Crippen LogP contribution is 2.23. The second kappa shape index (κ2) is 6.47. The van der Waals surface area contributed by atoms with Gasteiger partial charge in [-0.3, -0.25) is 4.79 Å². The predicted octanol–water partition coefficient (Wildman–Crippen LogP) is 3.92. The van der Waals surface area contributed by atoms with Gasteiger partial charge in [0.1, 0.15) is 17.3 Å². The number of Topliss-reactive ketones (excluding diaryl/α,β-unsaturated/α-hetero) is 1. The Labute approximate surface area is 119 Å². The standard InChI is InChI=1S/C15H13F3O3/c16-15(17,18)21-14-6-3-11(4-7-14)10-12(19)5-8-13-2-1-9-20-13/h1-4,6-7,9H,5,8,10H2. The minimum Gasteiger partial charge on any atom is -0.469 e. The second-order valence-corrected chi connectivity index (χ2v) is 4.49. The molecule has 2 aromatic rings. The molecule has 112 valence electrons. The van der Waals surface area contributed by atoms with Crippen LogP contribution in [0.5, 0.6) is 5.75 Å². The Morgan fingerprint density at radius 1 is 1.14 bits per heavy atom. The van der Waals surface area contributed by atoms with Crippen LogP contribution in [0.4, 0.5) is 13.2 Å². The highest BCUT2D eigenvalue weighted by atomic mass is 19.4. The number of hydrogen-bond acceptors (Lipinski definition) is 3. The molecule has 0 radical (unpaired) electrons. The van der Waals surface area contributed by atoms with Gasteiger partial charge >= 0.3 is 6.36 Å². The van der Waals surface area contributed by atoms with Gasteiger partial charge in [0, 0.05) is 19.3 Å². The van der Waals surface area contributed by atoms with Crippen LogP contribution >= 0.6 is 0 Å². The average Bonchev–Trinajstić information content (AvgIpc) is 2.90. The van der Waals surface area contributed by atoms with Crippen LogP contribution in [0.2, 0.25) is 0 Å². The Hall–Kier alpha value is -2.24. The van der Waals surface area contributed by atoms with Crippen molar-refractivity contribution in [3.8, 4) is 5.75 Å². The van der Waals surface area contributed by atoms with E-state index in [1.807, 2.05) is 0 Å². The fraction of sp³-hybridized carbons (Fsp3) is 0.267. The molecule has 0 N–H and O–H groups in total. The molecule has 0 amide bonds. The average molecular weight is 298 g/mol. The summed E-state index contributed by atoms with van der Waals surface area (Å²) in [7, 11) is 0. The van der Waals surface area contributed by atoms with E-state index in [2.05, 4.69) is 4.74 Å². The predicted molar refractivity (Wildman–Crippen MR) is 68.9 cm³/mol. The maximum atomic E-state index is 12.0. The Bertz CT molecular complexity index is 571. The van der Waals surface area contributed by atoms with Crippen molar-refractivity contribution < 1.29 is 27.1 Å². The molecule has 1 aromatic carbocycles. The third-order valence-electron chi connectivity index (χ3n) is 2.79. The van der Waals surface area contributed by atoms with Gasteiger partial charge in [0.25, 0.3) is 0 Å². The fourth-order valence-electron chi connectivity index (χ4n) is 1.84. The van der Waals surface area contributed by atoms with Gasteiger partial charge in [-0.15, -0.1) is 13.2 Å². The molecule has 0 saturated carbocycles. The largest absolute Gasteiger partial charge is 0.573 e. The summed E-state index contributed by atoms with van der Waals surface area (Å²) in [4.78, 5) is 11.8. The number of carbonyl (C=O) groups is 1. The van der Waals surface area contributed by atoms with E-state index >= 15 is 0 Å². The van der Waals surface area contributed by atoms with E-state index < -0.39 is 6.36 Å². The molecule has 2 rings (SSSR count). The molecule has 0 aliphatic rings. The number of ketones is 1. The molecule has 6 heteroatoms. The minimum absolute atomic E-state index is 0.00381. The summed E-state index contributed by atoms with van der Waals surface area (Å²) in [6.07, 6.45) is -2.15. The first kappa shape index (κ1) is 15.2. The summed E-state index contributed by atoms with van der Waals surface area (Å²) < 4.78 is 44.9. The Balaban J connectivity index is 1.83. The molecule has 0 atom stereocenters. The second-order valence-electron chi connectivity index (χ2n) is 4.49. The first-order valence-corrected chi connectivity index (χ1v) is 6.31. The number of ether oxygens (including phenoxy) is 1. The third-order valence-corrected chi connectivity index (χ3v) is 2.79. The zero-order valence-electron chi connectivity index (χ0n) is 11.0. The molecular weight excluding hydrogens is 285 g/mol. The van der Waals surface area contributed by atoms with Crippen LogP contribution in [-0.4, -0.2) is 12.1 Å². The third kappa shape index (κ3) is 5.33. The van der Waals surface area contributed by atoms with Crippen LogP contribution in [0.25, 0.3) is 0 Å². The number of hydrogen-bond donors (Lipinski definition) is 0. The SMILES string of the molecule is O=C(CCc1ccco1)Cc1ccc(OC(F)(F)F)cc1. The molecule has 0 aliphatic heterocycles. The molecule has 0 fully saturated rings. The maximum Gasteiger partial charge on any atom is 0.573 e. The van der Waals surface area contributed by atoms with Crippen molar-refractivity contribution in [2.24, 2.45) is 0 Å². The normalized spacial score (nSPS) is 11.4. The highest BCUT2D eigenvalue weighted by molar-refractivity contribution is 5.81. The number of halogens is 3. The van der Waals surface area contributed by atoms with E-state index in [0.29, 0.717) is 18.4 Å². The number of rotatable bonds is 6. The van der Waals surface area contributed by atoms with Gasteiger partial charge in [-0.25, -0.2) is 0 Å². The van der Waals surface area contributed by atoms with Gasteiger partial charge in [-0.1, -0.05) is 12.1 Å². The van der Waals surface area contributed by atoms with Crippen LogP contribution in [0.15, 0.2) is 47.1 Å². The molecule has 0 unspecified atom stereocenters. The maximum absolute atomic E-state index is 12.0. The van der Waals surface area contributed by atoms with Crippen LogP contribution in [0.3, 0.4) is 0 Å². The molecule has 1 aromatic heterocycles.